The fourth-order valence-corrected chi connectivity index (χ4v) is 3.57. The number of hydrogen-bond acceptors (Lipinski definition) is 8. The van der Waals surface area contributed by atoms with Gasteiger partial charge < -0.3 is 20.2 Å². The number of rotatable bonds is 3. The molecule has 0 radical (unpaired) electrons. The monoisotopic (exact) mass is 403 g/mol. The van der Waals surface area contributed by atoms with Crippen molar-refractivity contribution in [3.8, 4) is 22.7 Å². The summed E-state index contributed by atoms with van der Waals surface area (Å²) in [6, 6.07) is 10.9. The van der Waals surface area contributed by atoms with Crippen molar-refractivity contribution in [2.45, 2.75) is 12.0 Å². The number of aromatic nitrogens is 4. The van der Waals surface area contributed by atoms with E-state index in [0.717, 1.165) is 5.56 Å². The molecule has 0 saturated carbocycles. The predicted octanol–water partition coefficient (Wildman–Crippen LogP) is 1.98. The van der Waals surface area contributed by atoms with Gasteiger partial charge in [-0.3, -0.25) is 4.79 Å². The van der Waals surface area contributed by atoms with E-state index in [-0.39, 0.29) is 30.2 Å². The molecule has 1 atom stereocenters. The predicted molar refractivity (Wildman–Crippen MR) is 109 cm³/mol. The fraction of sp³-hybridized carbons (Fsp3) is 0.190. The molecule has 4 heterocycles. The summed E-state index contributed by atoms with van der Waals surface area (Å²) >= 11 is 0. The minimum Gasteiger partial charge on any atom is -0.438 e. The molecule has 0 bridgehead atoms. The summed E-state index contributed by atoms with van der Waals surface area (Å²) in [4.78, 5) is 30.5. The molecule has 0 spiro atoms. The molecule has 1 aliphatic rings. The lowest BCUT2D eigenvalue weighted by Crippen LogP contribution is -2.35. The van der Waals surface area contributed by atoms with E-state index in [2.05, 4.69) is 19.9 Å². The van der Waals surface area contributed by atoms with Gasteiger partial charge in [-0.2, -0.15) is 0 Å². The minimum atomic E-state index is -1.69. The number of nitrogen functional groups attached to an aromatic ring is 1. The summed E-state index contributed by atoms with van der Waals surface area (Å²) in [6.07, 6.45) is 1.49. The van der Waals surface area contributed by atoms with Crippen LogP contribution in [0.5, 0.6) is 0 Å². The lowest BCUT2D eigenvalue weighted by Gasteiger charge is -2.17. The van der Waals surface area contributed by atoms with E-state index in [1.807, 2.05) is 24.3 Å². The zero-order valence-electron chi connectivity index (χ0n) is 17.0. The SMILES string of the molecule is [2H]c1nc(N)c2nc(-c3cccc(-c4ncc([C@]5(O)CCN(C)C5=O)o4)c3)ccc2n1. The second-order valence-electron chi connectivity index (χ2n) is 7.22. The first-order valence-corrected chi connectivity index (χ1v) is 9.31. The molecule has 30 heavy (non-hydrogen) atoms. The van der Waals surface area contributed by atoms with Crippen molar-refractivity contribution >= 4 is 22.8 Å². The van der Waals surface area contributed by atoms with Gasteiger partial charge in [0.25, 0.3) is 5.91 Å². The Morgan fingerprint density at radius 3 is 2.87 bits per heavy atom. The van der Waals surface area contributed by atoms with E-state index in [9.17, 15) is 9.90 Å². The zero-order valence-corrected chi connectivity index (χ0v) is 16.0. The maximum absolute atomic E-state index is 12.3. The molecule has 5 rings (SSSR count). The van der Waals surface area contributed by atoms with Crippen LogP contribution in [0.3, 0.4) is 0 Å². The Labute approximate surface area is 172 Å². The van der Waals surface area contributed by atoms with Crippen molar-refractivity contribution < 1.29 is 15.7 Å². The van der Waals surface area contributed by atoms with Crippen molar-refractivity contribution in [3.05, 3.63) is 54.7 Å². The maximum atomic E-state index is 12.3. The van der Waals surface area contributed by atoms with Crippen molar-refractivity contribution in [1.29, 1.82) is 0 Å². The molecule has 1 aromatic carbocycles. The van der Waals surface area contributed by atoms with Crippen LogP contribution >= 0.6 is 0 Å². The summed E-state index contributed by atoms with van der Waals surface area (Å²) in [6.45, 7) is 0.447. The second kappa shape index (κ2) is 6.60. The van der Waals surface area contributed by atoms with Gasteiger partial charge in [-0.15, -0.1) is 0 Å². The number of fused-ring (bicyclic) bond motifs is 1. The normalized spacial score (nSPS) is 19.5. The van der Waals surface area contributed by atoms with Crippen LogP contribution in [0.2, 0.25) is 0 Å². The van der Waals surface area contributed by atoms with Crippen molar-refractivity contribution in [2.75, 3.05) is 19.3 Å². The Morgan fingerprint density at radius 2 is 2.07 bits per heavy atom. The highest BCUT2D eigenvalue weighted by molar-refractivity contribution is 5.88. The summed E-state index contributed by atoms with van der Waals surface area (Å²) in [5.74, 6) is 0.155. The van der Waals surface area contributed by atoms with Gasteiger partial charge in [0.15, 0.2) is 11.6 Å². The first-order chi connectivity index (χ1) is 14.8. The van der Waals surface area contributed by atoms with E-state index >= 15 is 0 Å². The van der Waals surface area contributed by atoms with Gasteiger partial charge in [-0.05, 0) is 24.3 Å². The number of aliphatic hydroxyl groups is 1. The van der Waals surface area contributed by atoms with Crippen molar-refractivity contribution in [3.63, 3.8) is 0 Å². The summed E-state index contributed by atoms with van der Waals surface area (Å²) < 4.78 is 13.4. The van der Waals surface area contributed by atoms with Gasteiger partial charge >= 0.3 is 0 Å². The molecule has 150 valence electrons. The number of hydrogen-bond donors (Lipinski definition) is 2. The highest BCUT2D eigenvalue weighted by atomic mass is 16.4. The lowest BCUT2D eigenvalue weighted by molar-refractivity contribution is -0.144. The largest absolute Gasteiger partial charge is 0.438 e. The Bertz CT molecular complexity index is 1340. The Balaban J connectivity index is 1.51. The fourth-order valence-electron chi connectivity index (χ4n) is 3.57. The third-order valence-electron chi connectivity index (χ3n) is 5.29. The van der Waals surface area contributed by atoms with Gasteiger partial charge in [0, 0.05) is 31.1 Å². The van der Waals surface area contributed by atoms with Crippen molar-refractivity contribution in [2.24, 2.45) is 0 Å². The van der Waals surface area contributed by atoms with Crippen LogP contribution in [-0.4, -0.2) is 49.4 Å². The number of likely N-dealkylation sites (tertiary alicyclic amines) is 1. The quantitative estimate of drug-likeness (QED) is 0.531. The molecule has 1 saturated heterocycles. The molecule has 1 amide bonds. The van der Waals surface area contributed by atoms with Crippen LogP contribution in [0.4, 0.5) is 5.82 Å². The second-order valence-corrected chi connectivity index (χ2v) is 7.22. The van der Waals surface area contributed by atoms with Crippen LogP contribution in [-0.2, 0) is 10.4 Å². The molecular formula is C21H18N6O3. The zero-order chi connectivity index (χ0) is 21.8. The van der Waals surface area contributed by atoms with Gasteiger partial charge in [0.2, 0.25) is 11.5 Å². The number of oxazole rings is 1. The summed E-state index contributed by atoms with van der Waals surface area (Å²) in [5.41, 5.74) is 7.22. The molecule has 9 nitrogen and oxygen atoms in total. The maximum Gasteiger partial charge on any atom is 0.262 e. The van der Waals surface area contributed by atoms with E-state index in [1.165, 1.54) is 11.1 Å². The molecule has 0 aliphatic carbocycles. The number of carbonyl (C=O) groups excluding carboxylic acids is 1. The van der Waals surface area contributed by atoms with E-state index in [0.29, 0.717) is 28.8 Å². The molecule has 1 fully saturated rings. The third-order valence-corrected chi connectivity index (χ3v) is 5.29. The Kier molecular flexibility index (Phi) is 3.75. The number of benzene rings is 1. The highest BCUT2D eigenvalue weighted by Crippen LogP contribution is 2.35. The molecule has 3 aromatic heterocycles. The van der Waals surface area contributed by atoms with Crippen LogP contribution in [0.25, 0.3) is 33.7 Å². The average Bonchev–Trinajstić information content (AvgIpc) is 3.36. The van der Waals surface area contributed by atoms with E-state index < -0.39 is 11.5 Å². The number of amides is 1. The number of nitrogens with two attached hydrogens (primary N) is 1. The van der Waals surface area contributed by atoms with Gasteiger partial charge in [-0.1, -0.05) is 12.1 Å². The first kappa shape index (κ1) is 17.0. The third kappa shape index (κ3) is 2.79. The minimum absolute atomic E-state index is 0.127. The van der Waals surface area contributed by atoms with E-state index in [4.69, 9.17) is 11.5 Å². The topological polar surface area (TPSA) is 131 Å². The summed E-state index contributed by atoms with van der Waals surface area (Å²) in [5, 5.41) is 10.8. The van der Waals surface area contributed by atoms with Gasteiger partial charge in [0.05, 0.1) is 17.4 Å². The molecule has 9 heteroatoms. The molecule has 1 aliphatic heterocycles. The van der Waals surface area contributed by atoms with Gasteiger partial charge in [-0.25, -0.2) is 19.9 Å². The number of carbonyl (C=O) groups is 1. The Hall–Kier alpha value is -3.85. The molecule has 3 N–H and O–H groups in total. The van der Waals surface area contributed by atoms with E-state index in [1.54, 1.807) is 19.2 Å². The smallest absolute Gasteiger partial charge is 0.262 e. The molecule has 4 aromatic rings. The standard InChI is InChI=1S/C21H18N6O3/c1-27-8-7-21(29,20(27)28)16-10-23-19(30-16)13-4-2-3-12(9-13)14-5-6-15-17(26-14)18(22)25-11-24-15/h2-6,9-11,29H,7-8H2,1H3,(H2,22,24,25)/t21-/m1/s1/i11D. The van der Waals surface area contributed by atoms with Crippen molar-refractivity contribution in [1.82, 2.24) is 24.8 Å². The highest BCUT2D eigenvalue weighted by Gasteiger charge is 2.48. The lowest BCUT2D eigenvalue weighted by atomic mass is 10.0. The first-order valence-electron chi connectivity index (χ1n) is 9.81. The number of nitrogens with zero attached hydrogens (tertiary/aromatic N) is 5. The van der Waals surface area contributed by atoms with Crippen LogP contribution in [0, 0.1) is 0 Å². The average molecular weight is 403 g/mol. The number of likely N-dealkylation sites (N-methyl/N-ethyl adjacent to an activating group) is 1. The van der Waals surface area contributed by atoms with Gasteiger partial charge in [0.1, 0.15) is 13.2 Å². The Morgan fingerprint density at radius 1 is 1.23 bits per heavy atom. The number of anilines is 1. The molecule has 0 unspecified atom stereocenters. The van der Waals surface area contributed by atoms with Crippen LogP contribution < -0.4 is 5.73 Å². The van der Waals surface area contributed by atoms with Crippen LogP contribution in [0.15, 0.2) is 53.3 Å². The number of pyridine rings is 1. The summed E-state index contributed by atoms with van der Waals surface area (Å²) in [7, 11) is 1.64. The molecular weight excluding hydrogens is 384 g/mol. The van der Waals surface area contributed by atoms with Crippen LogP contribution in [0.1, 0.15) is 13.6 Å².